The number of carbonyl (C=O) groups excluding carboxylic acids is 2. The molecule has 8 nitrogen and oxygen atoms in total. The zero-order valence-corrected chi connectivity index (χ0v) is 11.9. The molecule has 0 aromatic carbocycles. The second-order valence-corrected chi connectivity index (χ2v) is 5.62. The van der Waals surface area contributed by atoms with Crippen molar-refractivity contribution in [1.29, 1.82) is 0 Å². The van der Waals surface area contributed by atoms with E-state index in [0.717, 1.165) is 45.2 Å². The summed E-state index contributed by atoms with van der Waals surface area (Å²) in [5, 5.41) is 3.26. The Morgan fingerprint density at radius 1 is 1.14 bits per heavy atom. The molecule has 3 aliphatic rings. The Morgan fingerprint density at radius 3 is 2.57 bits per heavy atom. The fourth-order valence-corrected chi connectivity index (χ4v) is 3.15. The third kappa shape index (κ3) is 3.45. The topological polar surface area (TPSA) is 89.1 Å². The van der Waals surface area contributed by atoms with E-state index in [4.69, 9.17) is 14.3 Å². The molecule has 118 valence electrons. The number of nitrogens with one attached hydrogen (secondary N) is 2. The average Bonchev–Trinajstić information content (AvgIpc) is 2.76. The van der Waals surface area contributed by atoms with Gasteiger partial charge in [-0.25, -0.2) is 14.4 Å². The lowest BCUT2D eigenvalue weighted by Gasteiger charge is -2.33. The molecular weight excluding hydrogens is 278 g/mol. The normalized spacial score (nSPS) is 31.8. The van der Waals surface area contributed by atoms with Crippen molar-refractivity contribution in [3.8, 4) is 0 Å². The Kier molecular flexibility index (Phi) is 4.57. The summed E-state index contributed by atoms with van der Waals surface area (Å²) in [6, 6.07) is 0.235. The molecule has 21 heavy (non-hydrogen) atoms. The van der Waals surface area contributed by atoms with Crippen LogP contribution in [-0.2, 0) is 14.3 Å². The van der Waals surface area contributed by atoms with Gasteiger partial charge in [-0.05, 0) is 25.7 Å². The maximum Gasteiger partial charge on any atom is 0.440 e. The van der Waals surface area contributed by atoms with E-state index < -0.39 is 18.5 Å². The van der Waals surface area contributed by atoms with Crippen molar-refractivity contribution in [3.63, 3.8) is 0 Å². The van der Waals surface area contributed by atoms with Crippen molar-refractivity contribution in [2.75, 3.05) is 19.7 Å². The van der Waals surface area contributed by atoms with Crippen molar-refractivity contribution in [3.05, 3.63) is 0 Å². The molecule has 3 unspecified atom stereocenters. The molecule has 2 N–H and O–H groups in total. The molecule has 0 radical (unpaired) electrons. The highest BCUT2D eigenvalue weighted by Crippen LogP contribution is 2.27. The Hall–Kier alpha value is -1.38. The van der Waals surface area contributed by atoms with E-state index >= 15 is 0 Å². The number of carbonyl (C=O) groups is 2. The van der Waals surface area contributed by atoms with Crippen LogP contribution in [0.5, 0.6) is 0 Å². The van der Waals surface area contributed by atoms with Crippen LogP contribution in [0, 0.1) is 0 Å². The Morgan fingerprint density at radius 2 is 1.90 bits per heavy atom. The number of nitrogens with zero attached hydrogens (tertiary/aromatic N) is 1. The number of amides is 2. The first-order valence-corrected chi connectivity index (χ1v) is 7.52. The van der Waals surface area contributed by atoms with Crippen LogP contribution in [0.1, 0.15) is 32.1 Å². The number of rotatable bonds is 2. The third-order valence-electron chi connectivity index (χ3n) is 4.18. The first-order valence-electron chi connectivity index (χ1n) is 7.52. The van der Waals surface area contributed by atoms with E-state index in [0.29, 0.717) is 6.61 Å². The highest BCUT2D eigenvalue weighted by molar-refractivity contribution is 5.83. The van der Waals surface area contributed by atoms with Crippen LogP contribution in [-0.4, -0.2) is 55.2 Å². The van der Waals surface area contributed by atoms with Crippen LogP contribution >= 0.6 is 0 Å². The van der Waals surface area contributed by atoms with Gasteiger partial charge < -0.3 is 14.8 Å². The summed E-state index contributed by atoms with van der Waals surface area (Å²) < 4.78 is 10.1. The number of piperazine rings is 1. The van der Waals surface area contributed by atoms with E-state index in [1.54, 1.807) is 4.90 Å². The monoisotopic (exact) mass is 299 g/mol. The van der Waals surface area contributed by atoms with E-state index in [1.807, 2.05) is 0 Å². The van der Waals surface area contributed by atoms with Crippen molar-refractivity contribution in [2.45, 2.75) is 50.5 Å². The van der Waals surface area contributed by atoms with Crippen molar-refractivity contribution in [2.24, 2.45) is 0 Å². The molecule has 2 amide bonds. The standard InChI is InChI=1S/C13H21N3O5/c17-12(15-21-11-3-1-2-6-19-11)20-13(18)16-9-4-5-10(16)8-14-7-9/h9-11,14H,1-8H2,(H,15,17). The van der Waals surface area contributed by atoms with Crippen molar-refractivity contribution >= 4 is 12.2 Å². The zero-order valence-electron chi connectivity index (χ0n) is 11.9. The fraction of sp³-hybridized carbons (Fsp3) is 0.846. The number of hydrogen-bond donors (Lipinski definition) is 2. The molecule has 3 aliphatic heterocycles. The molecule has 2 bridgehead atoms. The van der Waals surface area contributed by atoms with Gasteiger partial charge in [0, 0.05) is 38.2 Å². The van der Waals surface area contributed by atoms with Gasteiger partial charge in [0.1, 0.15) is 0 Å². The van der Waals surface area contributed by atoms with E-state index in [9.17, 15) is 9.59 Å². The second kappa shape index (κ2) is 6.59. The fourth-order valence-electron chi connectivity index (χ4n) is 3.15. The lowest BCUT2D eigenvalue weighted by molar-refractivity contribution is -0.189. The number of ether oxygens (including phenoxy) is 2. The van der Waals surface area contributed by atoms with Gasteiger partial charge in [-0.3, -0.25) is 4.90 Å². The van der Waals surface area contributed by atoms with Crippen molar-refractivity contribution in [1.82, 2.24) is 15.7 Å². The Balaban J connectivity index is 1.43. The van der Waals surface area contributed by atoms with Gasteiger partial charge in [0.2, 0.25) is 0 Å². The number of fused-ring (bicyclic) bond motifs is 2. The first kappa shape index (κ1) is 14.6. The van der Waals surface area contributed by atoms with Gasteiger partial charge in [0.05, 0.1) is 0 Å². The van der Waals surface area contributed by atoms with E-state index in [2.05, 4.69) is 10.8 Å². The van der Waals surface area contributed by atoms with E-state index in [-0.39, 0.29) is 12.1 Å². The molecule has 0 aliphatic carbocycles. The highest BCUT2D eigenvalue weighted by Gasteiger charge is 2.41. The van der Waals surface area contributed by atoms with Crippen LogP contribution in [0.4, 0.5) is 9.59 Å². The molecule has 3 fully saturated rings. The summed E-state index contributed by atoms with van der Waals surface area (Å²) in [7, 11) is 0. The minimum Gasteiger partial charge on any atom is -0.358 e. The minimum atomic E-state index is -0.896. The predicted octanol–water partition coefficient (Wildman–Crippen LogP) is 0.727. The summed E-state index contributed by atoms with van der Waals surface area (Å²) in [4.78, 5) is 30.4. The summed E-state index contributed by atoms with van der Waals surface area (Å²) >= 11 is 0. The largest absolute Gasteiger partial charge is 0.440 e. The smallest absolute Gasteiger partial charge is 0.358 e. The molecule has 0 spiro atoms. The number of hydroxylamine groups is 1. The number of hydrogen-bond acceptors (Lipinski definition) is 6. The summed E-state index contributed by atoms with van der Waals surface area (Å²) in [6.07, 6.45) is 2.63. The predicted molar refractivity (Wildman–Crippen MR) is 71.2 cm³/mol. The van der Waals surface area contributed by atoms with Gasteiger partial charge in [-0.2, -0.15) is 5.48 Å². The molecule has 3 atom stereocenters. The average molecular weight is 299 g/mol. The Labute approximate surface area is 123 Å². The summed E-state index contributed by atoms with van der Waals surface area (Å²) in [5.41, 5.74) is 2.12. The molecule has 3 heterocycles. The second-order valence-electron chi connectivity index (χ2n) is 5.62. The van der Waals surface area contributed by atoms with Gasteiger partial charge in [-0.15, -0.1) is 0 Å². The zero-order chi connectivity index (χ0) is 14.7. The Bertz CT molecular complexity index is 383. The van der Waals surface area contributed by atoms with Crippen LogP contribution in [0.15, 0.2) is 0 Å². The molecule has 0 aromatic heterocycles. The first-order chi connectivity index (χ1) is 10.2. The van der Waals surface area contributed by atoms with Gasteiger partial charge in [-0.1, -0.05) is 0 Å². The van der Waals surface area contributed by atoms with Crippen molar-refractivity contribution < 1.29 is 23.9 Å². The maximum absolute atomic E-state index is 12.0. The van der Waals surface area contributed by atoms with Gasteiger partial charge in [0.25, 0.3) is 0 Å². The summed E-state index contributed by atoms with van der Waals surface area (Å²) in [5.74, 6) is 0. The quantitative estimate of drug-likeness (QED) is 0.577. The molecule has 0 aromatic rings. The molecule has 8 heteroatoms. The SMILES string of the molecule is O=C(NOC1CCCCO1)OC(=O)N1C2CCC1CNC2. The third-order valence-corrected chi connectivity index (χ3v) is 4.18. The maximum atomic E-state index is 12.0. The lowest BCUT2D eigenvalue weighted by atomic mass is 10.2. The van der Waals surface area contributed by atoms with Gasteiger partial charge in [0.15, 0.2) is 6.29 Å². The minimum absolute atomic E-state index is 0.117. The van der Waals surface area contributed by atoms with Crippen LogP contribution < -0.4 is 10.8 Å². The summed E-state index contributed by atoms with van der Waals surface area (Å²) in [6.45, 7) is 2.11. The lowest BCUT2D eigenvalue weighted by Crippen LogP contribution is -2.55. The molecule has 0 saturated carbocycles. The molecular formula is C13H21N3O5. The van der Waals surface area contributed by atoms with E-state index in [1.165, 1.54) is 0 Å². The molecule has 3 saturated heterocycles. The van der Waals surface area contributed by atoms with Crippen LogP contribution in [0.25, 0.3) is 0 Å². The molecule has 3 rings (SSSR count). The van der Waals surface area contributed by atoms with Crippen LogP contribution in [0.2, 0.25) is 0 Å². The van der Waals surface area contributed by atoms with Gasteiger partial charge >= 0.3 is 12.2 Å². The van der Waals surface area contributed by atoms with Crippen LogP contribution in [0.3, 0.4) is 0 Å². The highest BCUT2D eigenvalue weighted by atomic mass is 16.8.